The zero-order valence-electron chi connectivity index (χ0n) is 11.6. The highest BCUT2D eigenvalue weighted by Gasteiger charge is 2.17. The lowest BCUT2D eigenvalue weighted by atomic mass is 9.93. The first-order valence-corrected chi connectivity index (χ1v) is 6.92. The predicted octanol–water partition coefficient (Wildman–Crippen LogP) is 2.85. The van der Waals surface area contributed by atoms with Gasteiger partial charge in [-0.2, -0.15) is 0 Å². The average molecular weight is 278 g/mol. The summed E-state index contributed by atoms with van der Waals surface area (Å²) in [5.41, 5.74) is 1.21. The number of aromatic nitrogens is 3. The summed E-state index contributed by atoms with van der Waals surface area (Å²) in [6.07, 6.45) is 1.48. The van der Waals surface area contributed by atoms with E-state index in [1.54, 1.807) is 24.5 Å². The van der Waals surface area contributed by atoms with Gasteiger partial charge in [-0.1, -0.05) is 20.8 Å². The second kappa shape index (κ2) is 5.52. The van der Waals surface area contributed by atoms with Crippen LogP contribution in [0, 0.1) is 0 Å². The maximum Gasteiger partial charge on any atom is 0.218 e. The number of thiazole rings is 1. The van der Waals surface area contributed by atoms with Crippen molar-refractivity contribution in [3.05, 3.63) is 28.5 Å². The molecule has 2 heterocycles. The van der Waals surface area contributed by atoms with E-state index in [1.165, 1.54) is 6.33 Å². The molecule has 0 fully saturated rings. The molecule has 102 valence electrons. The summed E-state index contributed by atoms with van der Waals surface area (Å²) in [6, 6.07) is 1.76. The molecular formula is C13H18N4OS. The Hall–Kier alpha value is -1.69. The van der Waals surface area contributed by atoms with Gasteiger partial charge in [0.15, 0.2) is 0 Å². The smallest absolute Gasteiger partial charge is 0.218 e. The largest absolute Gasteiger partial charge is 0.481 e. The van der Waals surface area contributed by atoms with Crippen LogP contribution in [-0.4, -0.2) is 22.1 Å². The number of nitrogens with zero attached hydrogens (tertiary/aromatic N) is 3. The second-order valence-corrected chi connectivity index (χ2v) is 6.12. The molecule has 0 aliphatic carbocycles. The first kappa shape index (κ1) is 13.7. The first-order chi connectivity index (χ1) is 8.99. The molecule has 2 aromatic rings. The van der Waals surface area contributed by atoms with Crippen LogP contribution >= 0.6 is 11.3 Å². The van der Waals surface area contributed by atoms with Crippen LogP contribution in [0.3, 0.4) is 0 Å². The standard InChI is InChI=1S/C13H18N4OS/c1-13(2,3)9-7-19-12(17-9)6-14-10-5-11(18-4)16-8-15-10/h5,7-8H,6H2,1-4H3,(H,14,15,16). The molecule has 0 saturated heterocycles. The van der Waals surface area contributed by atoms with E-state index in [2.05, 4.69) is 46.4 Å². The molecule has 0 unspecified atom stereocenters. The molecule has 19 heavy (non-hydrogen) atoms. The zero-order chi connectivity index (χ0) is 13.9. The van der Waals surface area contributed by atoms with Gasteiger partial charge in [0.2, 0.25) is 5.88 Å². The minimum absolute atomic E-state index is 0.0902. The van der Waals surface area contributed by atoms with Crippen molar-refractivity contribution in [2.75, 3.05) is 12.4 Å². The van der Waals surface area contributed by atoms with Gasteiger partial charge in [0.25, 0.3) is 0 Å². The Morgan fingerprint density at radius 3 is 2.74 bits per heavy atom. The Labute approximate surface area is 117 Å². The van der Waals surface area contributed by atoms with Crippen molar-refractivity contribution >= 4 is 17.2 Å². The lowest BCUT2D eigenvalue weighted by Gasteiger charge is -2.14. The van der Waals surface area contributed by atoms with Gasteiger partial charge in [0, 0.05) is 16.9 Å². The molecule has 2 aromatic heterocycles. The summed E-state index contributed by atoms with van der Waals surface area (Å²) in [4.78, 5) is 12.7. The van der Waals surface area contributed by atoms with Crippen molar-refractivity contribution in [3.8, 4) is 5.88 Å². The highest BCUT2D eigenvalue weighted by atomic mass is 32.1. The molecule has 0 spiro atoms. The van der Waals surface area contributed by atoms with E-state index in [9.17, 15) is 0 Å². The van der Waals surface area contributed by atoms with Crippen LogP contribution in [0.25, 0.3) is 0 Å². The quantitative estimate of drug-likeness (QED) is 0.932. The summed E-state index contributed by atoms with van der Waals surface area (Å²) in [7, 11) is 1.59. The van der Waals surface area contributed by atoms with Gasteiger partial charge in [0.1, 0.15) is 17.2 Å². The van der Waals surface area contributed by atoms with Gasteiger partial charge >= 0.3 is 0 Å². The minimum atomic E-state index is 0.0902. The molecule has 1 N–H and O–H groups in total. The maximum atomic E-state index is 5.05. The molecule has 0 amide bonds. The van der Waals surface area contributed by atoms with Crippen molar-refractivity contribution in [1.29, 1.82) is 0 Å². The summed E-state index contributed by atoms with van der Waals surface area (Å²) in [6.45, 7) is 7.14. The number of anilines is 1. The highest BCUT2D eigenvalue weighted by Crippen LogP contribution is 2.24. The van der Waals surface area contributed by atoms with Crippen molar-refractivity contribution in [1.82, 2.24) is 15.0 Å². The van der Waals surface area contributed by atoms with E-state index in [4.69, 9.17) is 4.74 Å². The summed E-state index contributed by atoms with van der Waals surface area (Å²) >= 11 is 1.66. The number of methoxy groups -OCH3 is 1. The van der Waals surface area contributed by atoms with Crippen LogP contribution in [0.1, 0.15) is 31.5 Å². The fraction of sp³-hybridized carbons (Fsp3) is 0.462. The van der Waals surface area contributed by atoms with E-state index >= 15 is 0 Å². The lowest BCUT2D eigenvalue weighted by molar-refractivity contribution is 0.397. The van der Waals surface area contributed by atoms with Gasteiger partial charge in [0.05, 0.1) is 19.3 Å². The third-order valence-electron chi connectivity index (χ3n) is 2.59. The van der Waals surface area contributed by atoms with Crippen molar-refractivity contribution in [2.45, 2.75) is 32.7 Å². The summed E-state index contributed by atoms with van der Waals surface area (Å²) < 4.78 is 5.05. The topological polar surface area (TPSA) is 59.9 Å². The van der Waals surface area contributed by atoms with Crippen molar-refractivity contribution < 1.29 is 4.74 Å². The fourth-order valence-electron chi connectivity index (χ4n) is 1.45. The predicted molar refractivity (Wildman–Crippen MR) is 76.7 cm³/mol. The van der Waals surface area contributed by atoms with Crippen LogP contribution in [0.15, 0.2) is 17.8 Å². The van der Waals surface area contributed by atoms with Crippen LogP contribution in [0.4, 0.5) is 5.82 Å². The van der Waals surface area contributed by atoms with Crippen molar-refractivity contribution in [2.24, 2.45) is 0 Å². The van der Waals surface area contributed by atoms with Crippen LogP contribution in [-0.2, 0) is 12.0 Å². The minimum Gasteiger partial charge on any atom is -0.481 e. The van der Waals surface area contributed by atoms with Gasteiger partial charge in [-0.05, 0) is 0 Å². The van der Waals surface area contributed by atoms with E-state index in [1.807, 2.05) is 0 Å². The van der Waals surface area contributed by atoms with Crippen LogP contribution in [0.5, 0.6) is 5.88 Å². The molecule has 0 bridgehead atoms. The first-order valence-electron chi connectivity index (χ1n) is 6.04. The van der Waals surface area contributed by atoms with Gasteiger partial charge in [-0.3, -0.25) is 0 Å². The Morgan fingerprint density at radius 1 is 1.32 bits per heavy atom. The number of nitrogens with one attached hydrogen (secondary N) is 1. The zero-order valence-corrected chi connectivity index (χ0v) is 12.4. The molecule has 0 atom stereocenters. The van der Waals surface area contributed by atoms with Crippen molar-refractivity contribution in [3.63, 3.8) is 0 Å². The summed E-state index contributed by atoms with van der Waals surface area (Å²) in [5, 5.41) is 6.37. The molecule has 0 aromatic carbocycles. The molecule has 0 aliphatic heterocycles. The number of ether oxygens (including phenoxy) is 1. The molecular weight excluding hydrogens is 260 g/mol. The van der Waals surface area contributed by atoms with E-state index in [0.29, 0.717) is 12.4 Å². The second-order valence-electron chi connectivity index (χ2n) is 5.18. The Balaban J connectivity index is 2.00. The number of hydrogen-bond donors (Lipinski definition) is 1. The van der Waals surface area contributed by atoms with Gasteiger partial charge < -0.3 is 10.1 Å². The number of hydrogen-bond acceptors (Lipinski definition) is 6. The lowest BCUT2D eigenvalue weighted by Crippen LogP contribution is -2.12. The molecule has 0 radical (unpaired) electrons. The highest BCUT2D eigenvalue weighted by molar-refractivity contribution is 7.09. The Kier molecular flexibility index (Phi) is 3.99. The Bertz CT molecular complexity index is 548. The molecule has 0 aliphatic rings. The molecule has 2 rings (SSSR count). The van der Waals surface area contributed by atoms with E-state index in [0.717, 1.165) is 16.5 Å². The summed E-state index contributed by atoms with van der Waals surface area (Å²) in [5.74, 6) is 1.28. The third kappa shape index (κ3) is 3.64. The van der Waals surface area contributed by atoms with Gasteiger partial charge in [-0.15, -0.1) is 11.3 Å². The average Bonchev–Trinajstić information content (AvgIpc) is 2.85. The third-order valence-corrected chi connectivity index (χ3v) is 3.44. The SMILES string of the molecule is COc1cc(NCc2nc(C(C)(C)C)cs2)ncn1. The normalized spacial score (nSPS) is 11.4. The maximum absolute atomic E-state index is 5.05. The fourth-order valence-corrected chi connectivity index (χ4v) is 2.41. The molecule has 0 saturated carbocycles. The van der Waals surface area contributed by atoms with Crippen LogP contribution in [0.2, 0.25) is 0 Å². The molecule has 5 nitrogen and oxygen atoms in total. The number of rotatable bonds is 4. The Morgan fingerprint density at radius 2 is 2.11 bits per heavy atom. The molecule has 6 heteroatoms. The van der Waals surface area contributed by atoms with Crippen LogP contribution < -0.4 is 10.1 Å². The van der Waals surface area contributed by atoms with E-state index in [-0.39, 0.29) is 5.41 Å². The van der Waals surface area contributed by atoms with E-state index < -0.39 is 0 Å². The van der Waals surface area contributed by atoms with Gasteiger partial charge in [-0.25, -0.2) is 15.0 Å². The monoisotopic (exact) mass is 278 g/mol.